The number of halogens is 2. The molecule has 1 fully saturated rings. The van der Waals surface area contributed by atoms with E-state index in [-0.39, 0.29) is 0 Å². The molecular formula is C20H19ClFN7. The SMILES string of the molecule is Cn1cc2cc(Nc3ncnc4cc(N5CCNCC5)cc(Cl)c34)cc(F)c2n1. The lowest BCUT2D eigenvalue weighted by Gasteiger charge is -2.29. The summed E-state index contributed by atoms with van der Waals surface area (Å²) in [7, 11) is 1.76. The lowest BCUT2D eigenvalue weighted by molar-refractivity contribution is 0.589. The van der Waals surface area contributed by atoms with Gasteiger partial charge in [-0.3, -0.25) is 4.68 Å². The Morgan fingerprint density at radius 3 is 2.79 bits per heavy atom. The van der Waals surface area contributed by atoms with Crippen molar-refractivity contribution in [3.63, 3.8) is 0 Å². The largest absolute Gasteiger partial charge is 0.369 e. The molecule has 0 bridgehead atoms. The first-order valence-corrected chi connectivity index (χ1v) is 9.76. The normalized spacial score (nSPS) is 14.7. The maximum Gasteiger partial charge on any atom is 0.153 e. The molecule has 0 unspecified atom stereocenters. The number of nitrogens with zero attached hydrogens (tertiary/aromatic N) is 5. The van der Waals surface area contributed by atoms with Crippen molar-refractivity contribution in [3.8, 4) is 0 Å². The number of benzene rings is 2. The number of rotatable bonds is 3. The van der Waals surface area contributed by atoms with E-state index in [0.717, 1.165) is 37.4 Å². The van der Waals surface area contributed by atoms with E-state index in [9.17, 15) is 4.39 Å². The standard InChI is InChI=1S/C20H19ClFN7/c1-28-10-12-6-13(7-16(22)19(12)27-28)26-20-18-15(21)8-14(9-17(18)24-11-25-20)29-4-2-23-3-5-29/h6-11,23H,2-5H2,1H3,(H,24,25,26). The molecule has 7 nitrogen and oxygen atoms in total. The van der Waals surface area contributed by atoms with Crippen molar-refractivity contribution in [2.45, 2.75) is 0 Å². The lowest BCUT2D eigenvalue weighted by atomic mass is 10.1. The molecule has 0 saturated carbocycles. The maximum atomic E-state index is 14.4. The Hall–Kier alpha value is -2.97. The Labute approximate surface area is 171 Å². The van der Waals surface area contributed by atoms with Crippen LogP contribution in [0.5, 0.6) is 0 Å². The number of hydrogen-bond donors (Lipinski definition) is 2. The van der Waals surface area contributed by atoms with Crippen molar-refractivity contribution in [3.05, 3.63) is 47.6 Å². The topological polar surface area (TPSA) is 70.9 Å². The molecule has 29 heavy (non-hydrogen) atoms. The summed E-state index contributed by atoms with van der Waals surface area (Å²) in [5.74, 6) is 0.144. The van der Waals surface area contributed by atoms with Gasteiger partial charge >= 0.3 is 0 Å². The van der Waals surface area contributed by atoms with Crippen molar-refractivity contribution < 1.29 is 4.39 Å². The quantitative estimate of drug-likeness (QED) is 0.538. The molecule has 1 aliphatic rings. The minimum absolute atomic E-state index is 0.337. The van der Waals surface area contributed by atoms with Gasteiger partial charge < -0.3 is 15.5 Å². The molecule has 2 N–H and O–H groups in total. The molecule has 148 valence electrons. The second-order valence-corrected chi connectivity index (χ2v) is 7.51. The number of aromatic nitrogens is 4. The molecule has 0 radical (unpaired) electrons. The Bertz CT molecular complexity index is 1220. The Morgan fingerprint density at radius 1 is 1.14 bits per heavy atom. The first kappa shape index (κ1) is 18.1. The fourth-order valence-corrected chi connectivity index (χ4v) is 4.05. The van der Waals surface area contributed by atoms with E-state index in [1.165, 1.54) is 12.4 Å². The molecule has 2 aromatic heterocycles. The van der Waals surface area contributed by atoms with Crippen LogP contribution in [0.15, 0.2) is 36.8 Å². The molecule has 0 atom stereocenters. The predicted molar refractivity (Wildman–Crippen MR) is 114 cm³/mol. The molecule has 5 rings (SSSR count). The van der Waals surface area contributed by atoms with E-state index in [1.807, 2.05) is 18.2 Å². The molecule has 0 aliphatic carbocycles. The summed E-state index contributed by atoms with van der Waals surface area (Å²) in [5.41, 5.74) is 2.69. The predicted octanol–water partition coefficient (Wildman–Crippen LogP) is 3.46. The molecule has 1 aliphatic heterocycles. The van der Waals surface area contributed by atoms with Crippen LogP contribution in [-0.2, 0) is 7.05 Å². The first-order chi connectivity index (χ1) is 14.1. The van der Waals surface area contributed by atoms with Gasteiger partial charge in [0, 0.05) is 56.2 Å². The van der Waals surface area contributed by atoms with Crippen LogP contribution in [0.1, 0.15) is 0 Å². The van der Waals surface area contributed by atoms with E-state index < -0.39 is 5.82 Å². The Balaban J connectivity index is 1.55. The van der Waals surface area contributed by atoms with Crippen LogP contribution in [0.4, 0.5) is 21.6 Å². The van der Waals surface area contributed by atoms with Gasteiger partial charge in [-0.1, -0.05) is 11.6 Å². The highest BCUT2D eigenvalue weighted by Gasteiger charge is 2.16. The number of fused-ring (bicyclic) bond motifs is 2. The summed E-state index contributed by atoms with van der Waals surface area (Å²) >= 11 is 6.63. The van der Waals surface area contributed by atoms with Crippen molar-refractivity contribution in [1.82, 2.24) is 25.1 Å². The van der Waals surface area contributed by atoms with Crippen LogP contribution in [0.3, 0.4) is 0 Å². The average molecular weight is 412 g/mol. The van der Waals surface area contributed by atoms with Gasteiger partial charge in [-0.05, 0) is 24.3 Å². The summed E-state index contributed by atoms with van der Waals surface area (Å²) in [5, 5.41) is 12.6. The monoisotopic (exact) mass is 411 g/mol. The van der Waals surface area contributed by atoms with E-state index in [1.54, 1.807) is 17.9 Å². The van der Waals surface area contributed by atoms with E-state index >= 15 is 0 Å². The van der Waals surface area contributed by atoms with Crippen molar-refractivity contribution >= 4 is 50.6 Å². The van der Waals surface area contributed by atoms with Crippen LogP contribution >= 0.6 is 11.6 Å². The summed E-state index contributed by atoms with van der Waals surface area (Å²) in [6.45, 7) is 3.72. The number of anilines is 3. The fraction of sp³-hybridized carbons (Fsp3) is 0.250. The molecule has 3 heterocycles. The van der Waals surface area contributed by atoms with Crippen molar-refractivity contribution in [2.75, 3.05) is 36.4 Å². The second-order valence-electron chi connectivity index (χ2n) is 7.10. The van der Waals surface area contributed by atoms with Gasteiger partial charge in [0.2, 0.25) is 0 Å². The molecule has 2 aromatic carbocycles. The molecule has 0 spiro atoms. The van der Waals surface area contributed by atoms with Crippen LogP contribution in [0.2, 0.25) is 5.02 Å². The third-order valence-corrected chi connectivity index (χ3v) is 5.39. The fourth-order valence-electron chi connectivity index (χ4n) is 3.75. The number of nitrogens with one attached hydrogen (secondary N) is 2. The molecule has 4 aromatic rings. The third kappa shape index (κ3) is 3.34. The van der Waals surface area contributed by atoms with Crippen LogP contribution in [0, 0.1) is 5.82 Å². The highest BCUT2D eigenvalue weighted by molar-refractivity contribution is 6.36. The minimum Gasteiger partial charge on any atom is -0.369 e. The number of aryl methyl sites for hydroxylation is 1. The van der Waals surface area contributed by atoms with Gasteiger partial charge in [0.05, 0.1) is 15.9 Å². The van der Waals surface area contributed by atoms with Crippen molar-refractivity contribution in [2.24, 2.45) is 7.05 Å². The number of piperazine rings is 1. The molecule has 1 saturated heterocycles. The van der Waals surface area contributed by atoms with Gasteiger partial charge in [0.1, 0.15) is 17.7 Å². The summed E-state index contributed by atoms with van der Waals surface area (Å²) in [6, 6.07) is 7.20. The zero-order valence-electron chi connectivity index (χ0n) is 15.8. The smallest absolute Gasteiger partial charge is 0.153 e. The number of hydrogen-bond acceptors (Lipinski definition) is 6. The summed E-state index contributed by atoms with van der Waals surface area (Å²) < 4.78 is 16.0. The molecule has 0 amide bonds. The third-order valence-electron chi connectivity index (χ3n) is 5.10. The summed E-state index contributed by atoms with van der Waals surface area (Å²) in [4.78, 5) is 11.0. The average Bonchev–Trinajstić information content (AvgIpc) is 3.09. The maximum absolute atomic E-state index is 14.4. The van der Waals surface area contributed by atoms with Gasteiger partial charge in [0.15, 0.2) is 5.82 Å². The Kier molecular flexibility index (Phi) is 4.44. The van der Waals surface area contributed by atoms with Gasteiger partial charge in [-0.25, -0.2) is 14.4 Å². The van der Waals surface area contributed by atoms with Gasteiger partial charge in [-0.2, -0.15) is 5.10 Å². The van der Waals surface area contributed by atoms with E-state index in [4.69, 9.17) is 11.6 Å². The van der Waals surface area contributed by atoms with E-state index in [2.05, 4.69) is 30.6 Å². The zero-order chi connectivity index (χ0) is 20.0. The van der Waals surface area contributed by atoms with E-state index in [0.29, 0.717) is 32.8 Å². The lowest BCUT2D eigenvalue weighted by Crippen LogP contribution is -2.43. The highest BCUT2D eigenvalue weighted by atomic mass is 35.5. The van der Waals surface area contributed by atoms with Crippen LogP contribution in [-0.4, -0.2) is 45.9 Å². The molecular weight excluding hydrogens is 393 g/mol. The first-order valence-electron chi connectivity index (χ1n) is 9.38. The van der Waals surface area contributed by atoms with Crippen LogP contribution in [0.25, 0.3) is 21.8 Å². The zero-order valence-corrected chi connectivity index (χ0v) is 16.5. The molecule has 9 heteroatoms. The second kappa shape index (κ2) is 7.13. The highest BCUT2D eigenvalue weighted by Crippen LogP contribution is 2.34. The van der Waals surface area contributed by atoms with Gasteiger partial charge in [-0.15, -0.1) is 0 Å². The minimum atomic E-state index is -0.393. The Morgan fingerprint density at radius 2 is 1.97 bits per heavy atom. The van der Waals surface area contributed by atoms with Crippen LogP contribution < -0.4 is 15.5 Å². The van der Waals surface area contributed by atoms with Gasteiger partial charge in [0.25, 0.3) is 0 Å². The van der Waals surface area contributed by atoms with Crippen molar-refractivity contribution in [1.29, 1.82) is 0 Å². The summed E-state index contributed by atoms with van der Waals surface area (Å²) in [6.07, 6.45) is 3.26.